The molecule has 0 aromatic heterocycles. The van der Waals surface area contributed by atoms with Crippen molar-refractivity contribution in [2.75, 3.05) is 13.2 Å². The molecule has 110 valence electrons. The van der Waals surface area contributed by atoms with Crippen molar-refractivity contribution in [2.24, 2.45) is 0 Å². The Morgan fingerprint density at radius 1 is 1.10 bits per heavy atom. The number of carbonyl (C=O) groups is 1. The van der Waals surface area contributed by atoms with E-state index in [0.717, 1.165) is 11.1 Å². The number of hydrogen-bond donors (Lipinski definition) is 1. The Morgan fingerprint density at radius 3 is 2.33 bits per heavy atom. The van der Waals surface area contributed by atoms with Crippen LogP contribution in [0.25, 0.3) is 11.1 Å². The molecule has 3 nitrogen and oxygen atoms in total. The van der Waals surface area contributed by atoms with Crippen LogP contribution in [0.5, 0.6) is 0 Å². The van der Waals surface area contributed by atoms with Crippen LogP contribution in [-0.2, 0) is 0 Å². The Morgan fingerprint density at radius 2 is 1.71 bits per heavy atom. The standard InChI is InChI=1S/C18H21NO2/c1-3-19(14(2)13-20)18(21)17-12-8-7-11-16(17)15-9-5-4-6-10-15/h4-12,14,20H,3,13H2,1-2H3/t14-/m1/s1. The number of benzene rings is 2. The molecule has 3 heteroatoms. The van der Waals surface area contributed by atoms with Crippen molar-refractivity contribution in [2.45, 2.75) is 19.9 Å². The molecule has 2 rings (SSSR count). The zero-order valence-corrected chi connectivity index (χ0v) is 12.5. The molecule has 0 saturated heterocycles. The van der Waals surface area contributed by atoms with Crippen LogP contribution < -0.4 is 0 Å². The Bertz CT molecular complexity index is 595. The van der Waals surface area contributed by atoms with Crippen molar-refractivity contribution in [3.05, 3.63) is 60.2 Å². The number of carbonyl (C=O) groups excluding carboxylic acids is 1. The summed E-state index contributed by atoms with van der Waals surface area (Å²) in [5.41, 5.74) is 2.62. The first kappa shape index (κ1) is 15.3. The van der Waals surface area contributed by atoms with Crippen molar-refractivity contribution in [1.82, 2.24) is 4.90 Å². The molecule has 1 amide bonds. The average Bonchev–Trinajstić information content (AvgIpc) is 2.56. The fourth-order valence-corrected chi connectivity index (χ4v) is 2.45. The number of nitrogens with zero attached hydrogens (tertiary/aromatic N) is 1. The third-order valence-corrected chi connectivity index (χ3v) is 3.64. The molecule has 21 heavy (non-hydrogen) atoms. The van der Waals surface area contributed by atoms with E-state index in [1.54, 1.807) is 4.90 Å². The molecule has 0 heterocycles. The van der Waals surface area contributed by atoms with Gasteiger partial charge >= 0.3 is 0 Å². The summed E-state index contributed by atoms with van der Waals surface area (Å²) in [6, 6.07) is 17.3. The van der Waals surface area contributed by atoms with E-state index in [0.29, 0.717) is 12.1 Å². The summed E-state index contributed by atoms with van der Waals surface area (Å²) in [6.07, 6.45) is 0. The zero-order valence-electron chi connectivity index (χ0n) is 12.5. The van der Waals surface area contributed by atoms with Crippen molar-refractivity contribution < 1.29 is 9.90 Å². The fourth-order valence-electron chi connectivity index (χ4n) is 2.45. The van der Waals surface area contributed by atoms with E-state index in [1.165, 1.54) is 0 Å². The molecule has 2 aromatic carbocycles. The van der Waals surface area contributed by atoms with Crippen molar-refractivity contribution in [3.8, 4) is 11.1 Å². The zero-order chi connectivity index (χ0) is 15.2. The molecule has 0 bridgehead atoms. The lowest BCUT2D eigenvalue weighted by Gasteiger charge is -2.27. The van der Waals surface area contributed by atoms with Crippen LogP contribution in [0.4, 0.5) is 0 Å². The third kappa shape index (κ3) is 3.31. The first-order valence-corrected chi connectivity index (χ1v) is 7.25. The predicted octanol–water partition coefficient (Wildman–Crippen LogP) is 3.20. The van der Waals surface area contributed by atoms with E-state index >= 15 is 0 Å². The number of hydrogen-bond acceptors (Lipinski definition) is 2. The quantitative estimate of drug-likeness (QED) is 0.915. The summed E-state index contributed by atoms with van der Waals surface area (Å²) in [5.74, 6) is -0.0431. The fraction of sp³-hybridized carbons (Fsp3) is 0.278. The van der Waals surface area contributed by atoms with Crippen LogP contribution in [0.3, 0.4) is 0 Å². The smallest absolute Gasteiger partial charge is 0.254 e. The topological polar surface area (TPSA) is 40.5 Å². The number of rotatable bonds is 5. The minimum Gasteiger partial charge on any atom is -0.394 e. The lowest BCUT2D eigenvalue weighted by atomic mass is 9.98. The lowest BCUT2D eigenvalue weighted by molar-refractivity contribution is 0.0633. The van der Waals surface area contributed by atoms with Gasteiger partial charge in [-0.15, -0.1) is 0 Å². The monoisotopic (exact) mass is 283 g/mol. The minimum atomic E-state index is -0.189. The number of aliphatic hydroxyl groups is 1. The molecule has 0 spiro atoms. The third-order valence-electron chi connectivity index (χ3n) is 3.64. The second-order valence-corrected chi connectivity index (χ2v) is 5.03. The Balaban J connectivity index is 2.43. The van der Waals surface area contributed by atoms with E-state index in [9.17, 15) is 9.90 Å². The maximum absolute atomic E-state index is 12.8. The van der Waals surface area contributed by atoms with E-state index < -0.39 is 0 Å². The van der Waals surface area contributed by atoms with Gasteiger partial charge in [0.1, 0.15) is 0 Å². The molecule has 1 N–H and O–H groups in total. The number of amides is 1. The van der Waals surface area contributed by atoms with Gasteiger partial charge in [0, 0.05) is 12.1 Å². The highest BCUT2D eigenvalue weighted by Gasteiger charge is 2.21. The highest BCUT2D eigenvalue weighted by Crippen LogP contribution is 2.25. The van der Waals surface area contributed by atoms with E-state index in [-0.39, 0.29) is 18.6 Å². The summed E-state index contributed by atoms with van der Waals surface area (Å²) in [5, 5.41) is 9.32. The van der Waals surface area contributed by atoms with Crippen molar-refractivity contribution >= 4 is 5.91 Å². The number of aliphatic hydroxyl groups excluding tert-OH is 1. The van der Waals surface area contributed by atoms with Gasteiger partial charge in [-0.1, -0.05) is 48.5 Å². The second kappa shape index (κ2) is 7.04. The van der Waals surface area contributed by atoms with Gasteiger partial charge in [0.05, 0.1) is 12.6 Å². The van der Waals surface area contributed by atoms with Gasteiger partial charge in [0.2, 0.25) is 0 Å². The van der Waals surface area contributed by atoms with Gasteiger partial charge < -0.3 is 10.0 Å². The predicted molar refractivity (Wildman–Crippen MR) is 85.1 cm³/mol. The summed E-state index contributed by atoms with van der Waals surface area (Å²) in [4.78, 5) is 14.5. The normalized spacial score (nSPS) is 12.0. The van der Waals surface area contributed by atoms with Gasteiger partial charge in [-0.2, -0.15) is 0 Å². The van der Waals surface area contributed by atoms with Gasteiger partial charge in [0.15, 0.2) is 0 Å². The molecule has 0 fully saturated rings. The van der Waals surface area contributed by atoms with Crippen LogP contribution in [0.1, 0.15) is 24.2 Å². The van der Waals surface area contributed by atoms with Crippen LogP contribution in [-0.4, -0.2) is 35.1 Å². The second-order valence-electron chi connectivity index (χ2n) is 5.03. The van der Waals surface area contributed by atoms with Gasteiger partial charge in [0.25, 0.3) is 5.91 Å². The molecule has 0 saturated carbocycles. The first-order chi connectivity index (χ1) is 10.2. The minimum absolute atomic E-state index is 0.0346. The van der Waals surface area contributed by atoms with E-state index in [1.807, 2.05) is 68.4 Å². The van der Waals surface area contributed by atoms with E-state index in [2.05, 4.69) is 0 Å². The molecule has 2 aromatic rings. The highest BCUT2D eigenvalue weighted by molar-refractivity contribution is 6.01. The van der Waals surface area contributed by atoms with Gasteiger partial charge in [-0.25, -0.2) is 0 Å². The Labute approximate surface area is 125 Å². The van der Waals surface area contributed by atoms with Crippen LogP contribution >= 0.6 is 0 Å². The maximum atomic E-state index is 12.8. The first-order valence-electron chi connectivity index (χ1n) is 7.25. The molecule has 0 aliphatic rings. The van der Waals surface area contributed by atoms with Crippen LogP contribution in [0, 0.1) is 0 Å². The highest BCUT2D eigenvalue weighted by atomic mass is 16.3. The summed E-state index contributed by atoms with van der Waals surface area (Å²) >= 11 is 0. The lowest BCUT2D eigenvalue weighted by Crippen LogP contribution is -2.40. The van der Waals surface area contributed by atoms with Crippen molar-refractivity contribution in [3.63, 3.8) is 0 Å². The summed E-state index contributed by atoms with van der Waals surface area (Å²) in [6.45, 7) is 4.32. The molecule has 0 aliphatic carbocycles. The maximum Gasteiger partial charge on any atom is 0.254 e. The average molecular weight is 283 g/mol. The number of likely N-dealkylation sites (N-methyl/N-ethyl adjacent to an activating group) is 1. The van der Waals surface area contributed by atoms with Crippen molar-refractivity contribution in [1.29, 1.82) is 0 Å². The molecular formula is C18H21NO2. The molecular weight excluding hydrogens is 262 g/mol. The van der Waals surface area contributed by atoms with E-state index in [4.69, 9.17) is 0 Å². The summed E-state index contributed by atoms with van der Waals surface area (Å²) in [7, 11) is 0. The molecule has 1 atom stereocenters. The molecule has 0 radical (unpaired) electrons. The molecule has 0 unspecified atom stereocenters. The van der Waals surface area contributed by atoms with Gasteiger partial charge in [-0.3, -0.25) is 4.79 Å². The van der Waals surface area contributed by atoms with Crippen LogP contribution in [0.2, 0.25) is 0 Å². The van der Waals surface area contributed by atoms with Crippen LogP contribution in [0.15, 0.2) is 54.6 Å². The largest absolute Gasteiger partial charge is 0.394 e. The molecule has 0 aliphatic heterocycles. The Hall–Kier alpha value is -2.13. The summed E-state index contributed by atoms with van der Waals surface area (Å²) < 4.78 is 0. The Kier molecular flexibility index (Phi) is 5.12. The SMILES string of the molecule is CCN(C(=O)c1ccccc1-c1ccccc1)[C@H](C)CO. The van der Waals surface area contributed by atoms with Gasteiger partial charge in [-0.05, 0) is 31.0 Å².